The zero-order chi connectivity index (χ0) is 18.3. The molecule has 0 atom stereocenters. The number of anilines is 1. The third-order valence-electron chi connectivity index (χ3n) is 3.64. The fraction of sp³-hybridized carbons (Fsp3) is 0.333. The number of rotatable bonds is 9. The van der Waals surface area contributed by atoms with Crippen molar-refractivity contribution in [2.24, 2.45) is 0 Å². The number of ether oxygens (including phenoxy) is 2. The first-order valence-electron chi connectivity index (χ1n) is 8.11. The Hall–Kier alpha value is -2.25. The highest BCUT2D eigenvalue weighted by Gasteiger charge is 2.14. The predicted octanol–water partition coefficient (Wildman–Crippen LogP) is 2.93. The third-order valence-corrected chi connectivity index (χ3v) is 5.06. The lowest BCUT2D eigenvalue weighted by atomic mass is 10.2. The van der Waals surface area contributed by atoms with E-state index in [9.17, 15) is 8.42 Å². The van der Waals surface area contributed by atoms with Gasteiger partial charge in [0.2, 0.25) is 10.0 Å². The van der Waals surface area contributed by atoms with Crippen molar-refractivity contribution in [3.8, 4) is 11.5 Å². The first-order chi connectivity index (χ1) is 12.0. The normalized spacial score (nSPS) is 11.3. The monoisotopic (exact) mass is 364 g/mol. The molecule has 2 aromatic rings. The molecule has 0 aromatic heterocycles. The Labute approximate surface area is 149 Å². The minimum absolute atomic E-state index is 0.154. The number of nitrogens with one attached hydrogen (secondary N) is 1. The van der Waals surface area contributed by atoms with Crippen molar-refractivity contribution in [3.63, 3.8) is 0 Å². The Balaban J connectivity index is 2.09. The van der Waals surface area contributed by atoms with Gasteiger partial charge in [0.1, 0.15) is 0 Å². The molecule has 0 unspecified atom stereocenters. The van der Waals surface area contributed by atoms with Crippen molar-refractivity contribution >= 4 is 15.7 Å². The number of nitrogens with two attached hydrogens (primary N) is 1. The first-order valence-corrected chi connectivity index (χ1v) is 9.59. The van der Waals surface area contributed by atoms with Crippen LogP contribution in [0.2, 0.25) is 0 Å². The maximum Gasteiger partial charge on any atom is 0.240 e. The summed E-state index contributed by atoms with van der Waals surface area (Å²) in [4.78, 5) is 0.176. The molecule has 0 heterocycles. The quantitative estimate of drug-likeness (QED) is 0.527. The first kappa shape index (κ1) is 19.1. The largest absolute Gasteiger partial charge is 0.493 e. The highest BCUT2D eigenvalue weighted by molar-refractivity contribution is 7.89. The van der Waals surface area contributed by atoms with Crippen molar-refractivity contribution in [1.29, 1.82) is 0 Å². The maximum atomic E-state index is 12.3. The molecule has 0 fully saturated rings. The number of methoxy groups -OCH3 is 1. The summed E-state index contributed by atoms with van der Waals surface area (Å²) in [5.74, 6) is 1.24. The lowest BCUT2D eigenvalue weighted by Gasteiger charge is -2.13. The van der Waals surface area contributed by atoms with Crippen molar-refractivity contribution < 1.29 is 17.9 Å². The molecule has 3 N–H and O–H groups in total. The molecular formula is C18H24N2O4S. The average molecular weight is 364 g/mol. The van der Waals surface area contributed by atoms with Crippen LogP contribution in [-0.4, -0.2) is 22.1 Å². The minimum Gasteiger partial charge on any atom is -0.493 e. The number of hydrogen-bond donors (Lipinski definition) is 2. The van der Waals surface area contributed by atoms with E-state index in [0.717, 1.165) is 18.4 Å². The summed E-state index contributed by atoms with van der Waals surface area (Å²) < 4.78 is 38.2. The van der Waals surface area contributed by atoms with E-state index >= 15 is 0 Å². The predicted molar refractivity (Wildman–Crippen MR) is 98.3 cm³/mol. The summed E-state index contributed by atoms with van der Waals surface area (Å²) in [6.45, 7) is 2.83. The Kier molecular flexibility index (Phi) is 6.66. The molecule has 25 heavy (non-hydrogen) atoms. The summed E-state index contributed by atoms with van der Waals surface area (Å²) in [6.07, 6.45) is 1.97. The molecule has 2 aromatic carbocycles. The van der Waals surface area contributed by atoms with Gasteiger partial charge in [0.05, 0.1) is 18.6 Å². The highest BCUT2D eigenvalue weighted by atomic mass is 32.2. The molecule has 6 nitrogen and oxygen atoms in total. The van der Waals surface area contributed by atoms with Gasteiger partial charge in [0.25, 0.3) is 0 Å². The topological polar surface area (TPSA) is 90.7 Å². The SMILES string of the molecule is CCCCOc1cc(CNS(=O)(=O)c2ccc(N)cc2)ccc1OC. The summed E-state index contributed by atoms with van der Waals surface area (Å²) in [7, 11) is -2.03. The maximum absolute atomic E-state index is 12.3. The van der Waals surface area contributed by atoms with Crippen LogP contribution in [-0.2, 0) is 16.6 Å². The van der Waals surface area contributed by atoms with Crippen LogP contribution in [0.5, 0.6) is 11.5 Å². The van der Waals surface area contributed by atoms with Gasteiger partial charge in [-0.25, -0.2) is 13.1 Å². The zero-order valence-corrected chi connectivity index (χ0v) is 15.3. The van der Waals surface area contributed by atoms with E-state index in [2.05, 4.69) is 11.6 Å². The highest BCUT2D eigenvalue weighted by Crippen LogP contribution is 2.28. The molecule has 2 rings (SSSR count). The van der Waals surface area contributed by atoms with Gasteiger partial charge in [-0.15, -0.1) is 0 Å². The van der Waals surface area contributed by atoms with Crippen LogP contribution in [0.1, 0.15) is 25.3 Å². The van der Waals surface area contributed by atoms with E-state index < -0.39 is 10.0 Å². The van der Waals surface area contributed by atoms with Crippen LogP contribution in [0, 0.1) is 0 Å². The third kappa shape index (κ3) is 5.37. The van der Waals surface area contributed by atoms with E-state index in [4.69, 9.17) is 15.2 Å². The van der Waals surface area contributed by atoms with Gasteiger partial charge in [-0.3, -0.25) is 0 Å². The Morgan fingerprint density at radius 2 is 1.80 bits per heavy atom. The van der Waals surface area contributed by atoms with Crippen LogP contribution in [0.4, 0.5) is 5.69 Å². The molecule has 136 valence electrons. The number of benzene rings is 2. The van der Waals surface area contributed by atoms with Crippen molar-refractivity contribution in [3.05, 3.63) is 48.0 Å². The molecule has 0 aliphatic heterocycles. The summed E-state index contributed by atoms with van der Waals surface area (Å²) in [5, 5.41) is 0. The van der Waals surface area contributed by atoms with Gasteiger partial charge in [0.15, 0.2) is 11.5 Å². The number of nitrogen functional groups attached to an aromatic ring is 1. The lowest BCUT2D eigenvalue weighted by Crippen LogP contribution is -2.23. The van der Waals surface area contributed by atoms with E-state index in [0.29, 0.717) is 23.8 Å². The van der Waals surface area contributed by atoms with Gasteiger partial charge >= 0.3 is 0 Å². The van der Waals surface area contributed by atoms with Crippen LogP contribution < -0.4 is 19.9 Å². The van der Waals surface area contributed by atoms with Crippen LogP contribution >= 0.6 is 0 Å². The molecule has 7 heteroatoms. The molecule has 0 radical (unpaired) electrons. The van der Waals surface area contributed by atoms with Gasteiger partial charge in [-0.2, -0.15) is 0 Å². The minimum atomic E-state index is -3.60. The molecule has 0 saturated carbocycles. The Morgan fingerprint density at radius 1 is 1.08 bits per heavy atom. The van der Waals surface area contributed by atoms with Crippen LogP contribution in [0.3, 0.4) is 0 Å². The van der Waals surface area contributed by atoms with Gasteiger partial charge in [-0.1, -0.05) is 19.4 Å². The summed E-state index contributed by atoms with van der Waals surface area (Å²) in [5.41, 5.74) is 6.89. The van der Waals surface area contributed by atoms with E-state index in [1.807, 2.05) is 0 Å². The number of unbranched alkanes of at least 4 members (excludes halogenated alkanes) is 1. The van der Waals surface area contributed by atoms with Crippen LogP contribution in [0.15, 0.2) is 47.4 Å². The van der Waals surface area contributed by atoms with Gasteiger partial charge in [0, 0.05) is 12.2 Å². The van der Waals surface area contributed by atoms with Crippen molar-refractivity contribution in [2.45, 2.75) is 31.2 Å². The second kappa shape index (κ2) is 8.73. The van der Waals surface area contributed by atoms with Crippen LogP contribution in [0.25, 0.3) is 0 Å². The smallest absolute Gasteiger partial charge is 0.240 e. The Morgan fingerprint density at radius 3 is 2.44 bits per heavy atom. The molecule has 0 saturated heterocycles. The van der Waals surface area contributed by atoms with Crippen molar-refractivity contribution in [1.82, 2.24) is 4.72 Å². The molecule has 0 aliphatic carbocycles. The average Bonchev–Trinajstić information content (AvgIpc) is 2.61. The fourth-order valence-corrected chi connectivity index (χ4v) is 3.20. The number of sulfonamides is 1. The molecule has 0 spiro atoms. The fourth-order valence-electron chi connectivity index (χ4n) is 2.18. The molecule has 0 amide bonds. The second-order valence-electron chi connectivity index (χ2n) is 5.58. The molecule has 0 bridgehead atoms. The Bertz CT molecular complexity index is 789. The standard InChI is InChI=1S/C18H24N2O4S/c1-3-4-11-24-18-12-14(5-10-17(18)23-2)13-20-25(21,22)16-8-6-15(19)7-9-16/h5-10,12,20H,3-4,11,13,19H2,1-2H3. The summed E-state index contributed by atoms with van der Waals surface area (Å²) >= 11 is 0. The second-order valence-corrected chi connectivity index (χ2v) is 7.35. The van der Waals surface area contributed by atoms with E-state index in [1.54, 1.807) is 37.4 Å². The zero-order valence-electron chi connectivity index (χ0n) is 14.5. The molecule has 0 aliphatic rings. The van der Waals surface area contributed by atoms with Crippen molar-refractivity contribution in [2.75, 3.05) is 19.5 Å². The van der Waals surface area contributed by atoms with E-state index in [1.165, 1.54) is 12.1 Å². The van der Waals surface area contributed by atoms with Gasteiger partial charge in [-0.05, 0) is 48.4 Å². The van der Waals surface area contributed by atoms with Gasteiger partial charge < -0.3 is 15.2 Å². The van der Waals surface area contributed by atoms with E-state index in [-0.39, 0.29) is 11.4 Å². The molecular weight excluding hydrogens is 340 g/mol. The number of hydrogen-bond acceptors (Lipinski definition) is 5. The lowest BCUT2D eigenvalue weighted by molar-refractivity contribution is 0.288. The summed E-state index contributed by atoms with van der Waals surface area (Å²) in [6, 6.07) is 11.4.